The first-order chi connectivity index (χ1) is 13.4. The minimum atomic E-state index is -1.07. The molecule has 0 aromatic heterocycles. The number of carboxylic acids is 1. The Balaban J connectivity index is 2.98. The molecule has 1 aliphatic carbocycles. The van der Waals surface area contributed by atoms with E-state index in [4.69, 9.17) is 9.47 Å². The molecule has 6 heteroatoms. The second-order valence-corrected chi connectivity index (χ2v) is 6.82. The van der Waals surface area contributed by atoms with E-state index in [1.165, 1.54) is 39.6 Å². The maximum Gasteiger partial charge on any atom is 0.331 e. The maximum absolute atomic E-state index is 12.8. The van der Waals surface area contributed by atoms with Crippen molar-refractivity contribution < 1.29 is 29.0 Å². The van der Waals surface area contributed by atoms with E-state index in [0.29, 0.717) is 12.8 Å². The van der Waals surface area contributed by atoms with Crippen molar-refractivity contribution in [2.45, 2.75) is 71.6 Å². The molecule has 0 heterocycles. The monoisotopic (exact) mass is 392 g/mol. The molecule has 0 spiro atoms. The molecule has 0 fully saturated rings. The first kappa shape index (κ1) is 23.7. The van der Waals surface area contributed by atoms with E-state index in [1.807, 2.05) is 0 Å². The molecular formula is C22H32O6. The molecule has 0 saturated heterocycles. The van der Waals surface area contributed by atoms with Gasteiger partial charge in [-0.05, 0) is 25.3 Å². The molecule has 28 heavy (non-hydrogen) atoms. The summed E-state index contributed by atoms with van der Waals surface area (Å²) < 4.78 is 10.1. The fourth-order valence-corrected chi connectivity index (χ4v) is 3.29. The van der Waals surface area contributed by atoms with Crippen LogP contribution in [0.5, 0.6) is 0 Å². The molecule has 0 aromatic rings. The molecule has 156 valence electrons. The Hall–Kier alpha value is -2.37. The quantitative estimate of drug-likeness (QED) is 0.282. The highest BCUT2D eigenvalue weighted by molar-refractivity contribution is 6.25. The fraction of sp³-hybridized carbons (Fsp3) is 0.591. The molecule has 0 amide bonds. The van der Waals surface area contributed by atoms with Crippen molar-refractivity contribution in [2.75, 3.05) is 14.2 Å². The Morgan fingerprint density at radius 1 is 0.893 bits per heavy atom. The third kappa shape index (κ3) is 6.08. The van der Waals surface area contributed by atoms with Crippen LogP contribution in [-0.2, 0) is 23.9 Å². The summed E-state index contributed by atoms with van der Waals surface area (Å²) in [4.78, 5) is 37.0. The Kier molecular flexibility index (Phi) is 10.3. The summed E-state index contributed by atoms with van der Waals surface area (Å²) >= 11 is 0. The van der Waals surface area contributed by atoms with Gasteiger partial charge in [0.15, 0.2) is 0 Å². The van der Waals surface area contributed by atoms with Gasteiger partial charge in [0.05, 0.1) is 14.2 Å². The van der Waals surface area contributed by atoms with Gasteiger partial charge in [0.25, 0.3) is 0 Å². The number of methoxy groups -OCH3 is 2. The zero-order chi connectivity index (χ0) is 21.1. The first-order valence-corrected chi connectivity index (χ1v) is 10.0. The van der Waals surface area contributed by atoms with Crippen LogP contribution < -0.4 is 0 Å². The minimum Gasteiger partial charge on any atom is -0.489 e. The lowest BCUT2D eigenvalue weighted by Gasteiger charge is -2.20. The first-order valence-electron chi connectivity index (χ1n) is 10.0. The normalized spacial score (nSPS) is 15.4. The molecule has 0 aliphatic heterocycles. The van der Waals surface area contributed by atoms with E-state index >= 15 is 0 Å². The zero-order valence-corrected chi connectivity index (χ0v) is 17.4. The number of hydrogen-bond donors (Lipinski definition) is 1. The summed E-state index contributed by atoms with van der Waals surface area (Å²) in [7, 11) is 2.59. The Morgan fingerprint density at radius 2 is 1.43 bits per heavy atom. The van der Waals surface area contributed by atoms with E-state index in [2.05, 4.69) is 6.92 Å². The van der Waals surface area contributed by atoms with Gasteiger partial charge < -0.3 is 14.6 Å². The molecule has 0 aromatic carbocycles. The number of carbonyl (C=O) groups is 3. The molecule has 0 unspecified atom stereocenters. The van der Waals surface area contributed by atoms with Crippen molar-refractivity contribution in [1.82, 2.24) is 0 Å². The number of unbranched alkanes of at least 4 members (excludes halogenated alkanes) is 6. The number of carbonyl (C=O) groups excluding carboxylic acids is 2. The van der Waals surface area contributed by atoms with Crippen LogP contribution in [-0.4, -0.2) is 36.9 Å². The van der Waals surface area contributed by atoms with Gasteiger partial charge in [-0.25, -0.2) is 4.79 Å². The van der Waals surface area contributed by atoms with Crippen LogP contribution in [0.1, 0.15) is 71.6 Å². The van der Waals surface area contributed by atoms with Gasteiger partial charge in [0.2, 0.25) is 23.1 Å². The van der Waals surface area contributed by atoms with Crippen LogP contribution in [0.2, 0.25) is 0 Å². The summed E-state index contributed by atoms with van der Waals surface area (Å²) in [6, 6.07) is 0. The van der Waals surface area contributed by atoms with Crippen LogP contribution in [0.3, 0.4) is 0 Å². The largest absolute Gasteiger partial charge is 0.489 e. The molecular weight excluding hydrogens is 360 g/mol. The Morgan fingerprint density at radius 3 is 1.93 bits per heavy atom. The van der Waals surface area contributed by atoms with Crippen LogP contribution in [0.4, 0.5) is 0 Å². The number of carboxylic acid groups (broad SMARTS) is 1. The number of Topliss-reactive ketones (excluding diaryl/α,β-unsaturated/α-hetero) is 2. The molecule has 6 nitrogen and oxygen atoms in total. The summed E-state index contributed by atoms with van der Waals surface area (Å²) in [5.41, 5.74) is 0.471. The molecule has 1 rings (SSSR count). The van der Waals surface area contributed by atoms with Crippen LogP contribution in [0.25, 0.3) is 0 Å². The summed E-state index contributed by atoms with van der Waals surface area (Å²) in [5.74, 6) is -2.35. The number of ether oxygens (including phenoxy) is 2. The standard InChI is InChI=1S/C22H32O6/c1-5-7-8-9-10-11-12-13-15(22(25)26)14-17-16(6-2)18(23)20(27-3)21(28-4)19(17)24/h14H,5-13H2,1-4H3,(H,25,26)/b15-14+. The predicted octanol–water partition coefficient (Wildman–Crippen LogP) is 4.50. The van der Waals surface area contributed by atoms with Crippen molar-refractivity contribution in [3.05, 3.63) is 34.3 Å². The van der Waals surface area contributed by atoms with Crippen molar-refractivity contribution in [1.29, 1.82) is 0 Å². The Labute approximate surface area is 167 Å². The number of ketones is 2. The van der Waals surface area contributed by atoms with E-state index in [0.717, 1.165) is 25.7 Å². The van der Waals surface area contributed by atoms with Gasteiger partial charge in [-0.1, -0.05) is 52.4 Å². The van der Waals surface area contributed by atoms with Crippen molar-refractivity contribution in [2.24, 2.45) is 0 Å². The second kappa shape index (κ2) is 12.2. The molecule has 0 bridgehead atoms. The third-order valence-corrected chi connectivity index (χ3v) is 4.87. The number of rotatable bonds is 13. The van der Waals surface area contributed by atoms with E-state index in [-0.39, 0.29) is 28.2 Å². The van der Waals surface area contributed by atoms with Gasteiger partial charge in [-0.15, -0.1) is 0 Å². The van der Waals surface area contributed by atoms with E-state index in [1.54, 1.807) is 6.92 Å². The lowest BCUT2D eigenvalue weighted by molar-refractivity contribution is -0.132. The molecule has 1 aliphatic rings. The van der Waals surface area contributed by atoms with E-state index < -0.39 is 17.5 Å². The highest BCUT2D eigenvalue weighted by atomic mass is 16.5. The van der Waals surface area contributed by atoms with Gasteiger partial charge >= 0.3 is 5.97 Å². The van der Waals surface area contributed by atoms with Gasteiger partial charge in [0.1, 0.15) is 0 Å². The Bertz CT molecular complexity index is 681. The topological polar surface area (TPSA) is 89.9 Å². The smallest absolute Gasteiger partial charge is 0.331 e. The minimum absolute atomic E-state index is 0.0884. The highest BCUT2D eigenvalue weighted by Crippen LogP contribution is 2.29. The molecule has 0 atom stereocenters. The van der Waals surface area contributed by atoms with Crippen molar-refractivity contribution in [3.63, 3.8) is 0 Å². The van der Waals surface area contributed by atoms with Crippen LogP contribution >= 0.6 is 0 Å². The number of hydrogen-bond acceptors (Lipinski definition) is 5. The maximum atomic E-state index is 12.8. The molecule has 0 saturated carbocycles. The number of aliphatic carboxylic acids is 1. The summed E-state index contributed by atoms with van der Waals surface area (Å²) in [6.07, 6.45) is 9.51. The molecule has 1 N–H and O–H groups in total. The fourth-order valence-electron chi connectivity index (χ4n) is 3.29. The summed E-state index contributed by atoms with van der Waals surface area (Å²) in [5, 5.41) is 9.55. The van der Waals surface area contributed by atoms with Gasteiger partial charge in [0, 0.05) is 16.7 Å². The summed E-state index contributed by atoms with van der Waals surface area (Å²) in [6.45, 7) is 3.91. The van der Waals surface area contributed by atoms with Crippen molar-refractivity contribution >= 4 is 17.5 Å². The number of allylic oxidation sites excluding steroid dienone is 3. The van der Waals surface area contributed by atoms with Crippen molar-refractivity contribution in [3.8, 4) is 0 Å². The highest BCUT2D eigenvalue weighted by Gasteiger charge is 2.35. The van der Waals surface area contributed by atoms with E-state index in [9.17, 15) is 19.5 Å². The second-order valence-electron chi connectivity index (χ2n) is 6.82. The average molecular weight is 392 g/mol. The zero-order valence-electron chi connectivity index (χ0n) is 17.4. The van der Waals surface area contributed by atoms with Gasteiger partial charge in [-0.2, -0.15) is 0 Å². The van der Waals surface area contributed by atoms with Crippen LogP contribution in [0, 0.1) is 0 Å². The predicted molar refractivity (Wildman–Crippen MR) is 107 cm³/mol. The third-order valence-electron chi connectivity index (χ3n) is 4.87. The lowest BCUT2D eigenvalue weighted by atomic mass is 9.88. The van der Waals surface area contributed by atoms with Crippen LogP contribution in [0.15, 0.2) is 34.3 Å². The molecule has 0 radical (unpaired) electrons. The van der Waals surface area contributed by atoms with Gasteiger partial charge in [-0.3, -0.25) is 9.59 Å². The SMILES string of the molecule is CCCCCCCCC/C(=C\C1=C(CC)C(=O)C(OC)=C(OC)C1=O)C(=O)O. The lowest BCUT2D eigenvalue weighted by Crippen LogP contribution is -2.25. The average Bonchev–Trinajstić information content (AvgIpc) is 2.68.